The molecule has 1 heterocycles. The summed E-state index contributed by atoms with van der Waals surface area (Å²) in [6.07, 6.45) is 7.34. The molecule has 1 aliphatic carbocycles. The van der Waals surface area contributed by atoms with Crippen LogP contribution in [0.5, 0.6) is 0 Å². The van der Waals surface area contributed by atoms with E-state index in [1.54, 1.807) is 0 Å². The van der Waals surface area contributed by atoms with Gasteiger partial charge in [-0.1, -0.05) is 13.8 Å². The van der Waals surface area contributed by atoms with Crippen molar-refractivity contribution in [3.63, 3.8) is 0 Å². The van der Waals surface area contributed by atoms with Crippen LogP contribution in [0.15, 0.2) is 10.7 Å². The summed E-state index contributed by atoms with van der Waals surface area (Å²) in [5, 5.41) is 8.01. The monoisotopic (exact) mass is 341 g/mol. The van der Waals surface area contributed by atoms with E-state index in [1.165, 1.54) is 31.4 Å². The van der Waals surface area contributed by atoms with Crippen molar-refractivity contribution in [2.45, 2.75) is 59.0 Å². The first-order valence-corrected chi connectivity index (χ1v) is 8.76. The lowest BCUT2D eigenvalue weighted by atomic mass is 9.74. The van der Waals surface area contributed by atoms with E-state index in [9.17, 15) is 0 Å². The normalized spacial score (nSPS) is 25.1. The second-order valence-corrected chi connectivity index (χ2v) is 7.23. The molecule has 0 bridgehead atoms. The van der Waals surface area contributed by atoms with E-state index in [0.717, 1.165) is 28.8 Å². The Balaban J connectivity index is 2.11. The molecule has 1 N–H and O–H groups in total. The van der Waals surface area contributed by atoms with Crippen LogP contribution >= 0.6 is 15.9 Å². The maximum absolute atomic E-state index is 4.47. The summed E-state index contributed by atoms with van der Waals surface area (Å²) in [7, 11) is 2.08. The van der Waals surface area contributed by atoms with Gasteiger partial charge in [-0.15, -0.1) is 0 Å². The molecule has 0 saturated heterocycles. The van der Waals surface area contributed by atoms with Crippen molar-refractivity contribution in [2.75, 3.05) is 7.05 Å². The van der Waals surface area contributed by atoms with Gasteiger partial charge in [-0.2, -0.15) is 5.10 Å². The minimum absolute atomic E-state index is 0.417. The molecule has 3 nitrogen and oxygen atoms in total. The van der Waals surface area contributed by atoms with Crippen LogP contribution in [-0.4, -0.2) is 16.8 Å². The lowest BCUT2D eigenvalue weighted by Crippen LogP contribution is -2.31. The predicted molar refractivity (Wildman–Crippen MR) is 87.7 cm³/mol. The molecule has 1 fully saturated rings. The van der Waals surface area contributed by atoms with E-state index in [4.69, 9.17) is 0 Å². The molecule has 114 valence electrons. The molecule has 0 radical (unpaired) electrons. The Morgan fingerprint density at radius 1 is 1.30 bits per heavy atom. The molecule has 2 rings (SSSR count). The van der Waals surface area contributed by atoms with E-state index < -0.39 is 0 Å². The Morgan fingerprint density at radius 2 is 1.90 bits per heavy atom. The molecule has 1 unspecified atom stereocenters. The van der Waals surface area contributed by atoms with Gasteiger partial charge in [0.05, 0.1) is 22.4 Å². The fourth-order valence-electron chi connectivity index (χ4n) is 3.67. The van der Waals surface area contributed by atoms with E-state index in [-0.39, 0.29) is 0 Å². The van der Waals surface area contributed by atoms with Crippen molar-refractivity contribution in [1.29, 1.82) is 0 Å². The summed E-state index contributed by atoms with van der Waals surface area (Å²) in [6.45, 7) is 7.82. The van der Waals surface area contributed by atoms with Crippen molar-refractivity contribution < 1.29 is 0 Å². The van der Waals surface area contributed by atoms with Gasteiger partial charge in [0, 0.05) is 6.54 Å². The molecule has 0 aromatic carbocycles. The van der Waals surface area contributed by atoms with Crippen molar-refractivity contribution in [1.82, 2.24) is 15.1 Å². The van der Waals surface area contributed by atoms with Crippen molar-refractivity contribution in [3.05, 3.63) is 16.4 Å². The third kappa shape index (κ3) is 3.28. The van der Waals surface area contributed by atoms with Crippen LogP contribution in [0.4, 0.5) is 0 Å². The highest BCUT2D eigenvalue weighted by molar-refractivity contribution is 9.10. The minimum atomic E-state index is 0.417. The predicted octanol–water partition coefficient (Wildman–Crippen LogP) is 4.39. The molecule has 0 amide bonds. The fraction of sp³-hybridized carbons (Fsp3) is 0.812. The molecule has 4 heteroatoms. The van der Waals surface area contributed by atoms with Gasteiger partial charge in [-0.05, 0) is 73.3 Å². The first-order valence-electron chi connectivity index (χ1n) is 7.96. The number of nitrogens with zero attached hydrogens (tertiary/aromatic N) is 2. The molecular weight excluding hydrogens is 314 g/mol. The summed E-state index contributed by atoms with van der Waals surface area (Å²) in [4.78, 5) is 0. The highest BCUT2D eigenvalue weighted by Crippen LogP contribution is 2.40. The summed E-state index contributed by atoms with van der Waals surface area (Å²) < 4.78 is 3.27. The average Bonchev–Trinajstić information content (AvgIpc) is 2.82. The van der Waals surface area contributed by atoms with Gasteiger partial charge in [-0.3, -0.25) is 4.68 Å². The third-order valence-electron chi connectivity index (χ3n) is 4.97. The standard InChI is InChI=1S/C16H28BrN3/c1-5-20-16(14(17)10-19-20)15(18-4)13-8-6-12(7-9-13)11(2)3/h10-13,15,18H,5-9H2,1-4H3. The first-order chi connectivity index (χ1) is 9.58. The minimum Gasteiger partial charge on any atom is -0.311 e. The van der Waals surface area contributed by atoms with Crippen LogP contribution in [0.1, 0.15) is 58.2 Å². The summed E-state index contributed by atoms with van der Waals surface area (Å²) in [5.74, 6) is 2.48. The Labute approximate surface area is 131 Å². The molecule has 1 aliphatic rings. The van der Waals surface area contributed by atoms with Gasteiger partial charge < -0.3 is 5.32 Å². The van der Waals surface area contributed by atoms with E-state index >= 15 is 0 Å². The van der Waals surface area contributed by atoms with Crippen LogP contribution in [0, 0.1) is 17.8 Å². The molecule has 1 atom stereocenters. The highest BCUT2D eigenvalue weighted by atomic mass is 79.9. The Morgan fingerprint density at radius 3 is 2.40 bits per heavy atom. The molecule has 0 aliphatic heterocycles. The van der Waals surface area contributed by atoms with Gasteiger partial charge in [0.1, 0.15) is 0 Å². The largest absolute Gasteiger partial charge is 0.311 e. The van der Waals surface area contributed by atoms with Crippen LogP contribution in [0.25, 0.3) is 0 Å². The second-order valence-electron chi connectivity index (χ2n) is 6.38. The maximum atomic E-state index is 4.47. The number of nitrogens with one attached hydrogen (secondary N) is 1. The lowest BCUT2D eigenvalue weighted by Gasteiger charge is -2.35. The molecule has 20 heavy (non-hydrogen) atoms. The zero-order valence-corrected chi connectivity index (χ0v) is 14.8. The number of hydrogen-bond acceptors (Lipinski definition) is 2. The van der Waals surface area contributed by atoms with Gasteiger partial charge in [0.2, 0.25) is 0 Å². The van der Waals surface area contributed by atoms with Crippen molar-refractivity contribution >= 4 is 15.9 Å². The molecule has 1 aromatic heterocycles. The Hall–Kier alpha value is -0.350. The zero-order valence-electron chi connectivity index (χ0n) is 13.2. The first kappa shape index (κ1) is 16.0. The highest BCUT2D eigenvalue weighted by Gasteiger charge is 2.31. The van der Waals surface area contributed by atoms with Gasteiger partial charge in [0.25, 0.3) is 0 Å². The topological polar surface area (TPSA) is 29.9 Å². The van der Waals surface area contributed by atoms with Crippen LogP contribution < -0.4 is 5.32 Å². The summed E-state index contributed by atoms with van der Waals surface area (Å²) in [5.41, 5.74) is 1.32. The quantitative estimate of drug-likeness (QED) is 0.860. The maximum Gasteiger partial charge on any atom is 0.0698 e. The number of aromatic nitrogens is 2. The van der Waals surface area contributed by atoms with Crippen LogP contribution in [0.2, 0.25) is 0 Å². The lowest BCUT2D eigenvalue weighted by molar-refractivity contribution is 0.188. The van der Waals surface area contributed by atoms with Gasteiger partial charge >= 0.3 is 0 Å². The summed E-state index contributed by atoms with van der Waals surface area (Å²) in [6, 6.07) is 0.417. The SMILES string of the molecule is CCn1ncc(Br)c1C(NC)C1CCC(C(C)C)CC1. The third-order valence-corrected chi connectivity index (χ3v) is 5.58. The Bertz CT molecular complexity index is 419. The van der Waals surface area contributed by atoms with Gasteiger partial charge in [0.15, 0.2) is 0 Å². The second kappa shape index (κ2) is 7.08. The van der Waals surface area contributed by atoms with Crippen molar-refractivity contribution in [3.8, 4) is 0 Å². The van der Waals surface area contributed by atoms with Crippen molar-refractivity contribution in [2.24, 2.45) is 17.8 Å². The molecular formula is C16H28BrN3. The Kier molecular flexibility index (Phi) is 5.67. The number of aryl methyl sites for hydroxylation is 1. The van der Waals surface area contributed by atoms with E-state index in [2.05, 4.69) is 58.8 Å². The molecule has 1 aromatic rings. The summed E-state index contributed by atoms with van der Waals surface area (Å²) >= 11 is 3.68. The smallest absolute Gasteiger partial charge is 0.0698 e. The number of halogens is 1. The van der Waals surface area contributed by atoms with E-state index in [0.29, 0.717) is 6.04 Å². The number of hydrogen-bond donors (Lipinski definition) is 1. The van der Waals surface area contributed by atoms with Crippen LogP contribution in [-0.2, 0) is 6.54 Å². The van der Waals surface area contributed by atoms with Crippen LogP contribution in [0.3, 0.4) is 0 Å². The average molecular weight is 342 g/mol. The molecule has 0 spiro atoms. The molecule has 1 saturated carbocycles. The van der Waals surface area contributed by atoms with E-state index in [1.807, 2.05) is 6.20 Å². The number of rotatable bonds is 5. The zero-order chi connectivity index (χ0) is 14.7. The van der Waals surface area contributed by atoms with Gasteiger partial charge in [-0.25, -0.2) is 0 Å². The fourth-order valence-corrected chi connectivity index (χ4v) is 4.22.